The summed E-state index contributed by atoms with van der Waals surface area (Å²) >= 11 is 1.56. The molecular weight excluding hydrogens is 322 g/mol. The quantitative estimate of drug-likeness (QED) is 0.795. The molecule has 4 rings (SSSR count). The van der Waals surface area contributed by atoms with Gasteiger partial charge in [-0.1, -0.05) is 6.92 Å². The first-order chi connectivity index (χ1) is 11.7. The number of amides is 1. The lowest BCUT2D eigenvalue weighted by atomic mass is 9.90. The molecule has 1 amide bonds. The summed E-state index contributed by atoms with van der Waals surface area (Å²) in [6.45, 7) is 5.63. The zero-order chi connectivity index (χ0) is 16.7. The van der Waals surface area contributed by atoms with Gasteiger partial charge in [-0.25, -0.2) is 4.98 Å². The van der Waals surface area contributed by atoms with Crippen LogP contribution in [0.3, 0.4) is 0 Å². The zero-order valence-electron chi connectivity index (χ0n) is 14.0. The number of nitrogens with zero attached hydrogens (tertiary/aromatic N) is 4. The van der Waals surface area contributed by atoms with Crippen molar-refractivity contribution in [2.24, 2.45) is 0 Å². The van der Waals surface area contributed by atoms with E-state index in [-0.39, 0.29) is 5.91 Å². The minimum Gasteiger partial charge on any atom is -0.337 e. The minimum absolute atomic E-state index is 0.0946. The Morgan fingerprint density at radius 2 is 2.21 bits per heavy atom. The van der Waals surface area contributed by atoms with Gasteiger partial charge in [0.1, 0.15) is 5.69 Å². The summed E-state index contributed by atoms with van der Waals surface area (Å²) in [4.78, 5) is 20.3. The molecule has 0 bridgehead atoms. The van der Waals surface area contributed by atoms with Crippen LogP contribution in [0, 0.1) is 6.92 Å². The average molecular weight is 343 g/mol. The van der Waals surface area contributed by atoms with Crippen molar-refractivity contribution in [2.75, 3.05) is 13.1 Å². The highest BCUT2D eigenvalue weighted by Gasteiger charge is 2.29. The molecule has 1 saturated heterocycles. The summed E-state index contributed by atoms with van der Waals surface area (Å²) in [6, 6.07) is 0. The van der Waals surface area contributed by atoms with Gasteiger partial charge >= 0.3 is 0 Å². The van der Waals surface area contributed by atoms with Crippen LogP contribution in [0.2, 0.25) is 0 Å². The second-order valence-electron chi connectivity index (χ2n) is 6.33. The Balaban J connectivity index is 1.50. The SMILES string of the molecule is CCc1cn[nH]c1C1CCN(C(=O)c2c(C)nc3sccn23)CC1. The summed E-state index contributed by atoms with van der Waals surface area (Å²) in [5.41, 5.74) is 4.08. The Hall–Kier alpha value is -2.15. The van der Waals surface area contributed by atoms with Gasteiger partial charge in [0.2, 0.25) is 0 Å². The van der Waals surface area contributed by atoms with Gasteiger partial charge < -0.3 is 4.90 Å². The Labute approximate surface area is 144 Å². The summed E-state index contributed by atoms with van der Waals surface area (Å²) in [6.07, 6.45) is 6.81. The number of fused-ring (bicyclic) bond motifs is 1. The maximum absolute atomic E-state index is 13.0. The summed E-state index contributed by atoms with van der Waals surface area (Å²) in [5.74, 6) is 0.566. The molecule has 1 aliphatic heterocycles. The lowest BCUT2D eigenvalue weighted by molar-refractivity contribution is 0.0704. The summed E-state index contributed by atoms with van der Waals surface area (Å²) in [7, 11) is 0. The highest BCUT2D eigenvalue weighted by molar-refractivity contribution is 7.15. The highest BCUT2D eigenvalue weighted by atomic mass is 32.1. The monoisotopic (exact) mass is 343 g/mol. The van der Waals surface area contributed by atoms with E-state index in [9.17, 15) is 4.79 Å². The number of aromatic nitrogens is 4. The number of aromatic amines is 1. The molecule has 0 aromatic carbocycles. The van der Waals surface area contributed by atoms with E-state index in [0.29, 0.717) is 11.6 Å². The first-order valence-corrected chi connectivity index (χ1v) is 9.30. The molecule has 0 aliphatic carbocycles. The number of piperidine rings is 1. The normalized spacial score (nSPS) is 16.2. The number of imidazole rings is 1. The van der Waals surface area contributed by atoms with Gasteiger partial charge in [0, 0.05) is 36.3 Å². The molecule has 1 fully saturated rings. The lowest BCUT2D eigenvalue weighted by Gasteiger charge is -2.32. The van der Waals surface area contributed by atoms with E-state index in [0.717, 1.165) is 43.0 Å². The molecule has 1 N–H and O–H groups in total. The number of rotatable bonds is 3. The van der Waals surface area contributed by atoms with Crippen LogP contribution in [0.25, 0.3) is 4.96 Å². The van der Waals surface area contributed by atoms with Crippen molar-refractivity contribution in [1.82, 2.24) is 24.5 Å². The van der Waals surface area contributed by atoms with Gasteiger partial charge in [0.05, 0.1) is 11.9 Å². The van der Waals surface area contributed by atoms with Gasteiger partial charge in [-0.3, -0.25) is 14.3 Å². The van der Waals surface area contributed by atoms with Crippen LogP contribution in [0.1, 0.15) is 53.1 Å². The van der Waals surface area contributed by atoms with Gasteiger partial charge in [0.15, 0.2) is 4.96 Å². The molecule has 0 spiro atoms. The van der Waals surface area contributed by atoms with Crippen molar-refractivity contribution in [3.05, 3.63) is 40.4 Å². The van der Waals surface area contributed by atoms with E-state index in [2.05, 4.69) is 22.1 Å². The molecule has 126 valence electrons. The number of hydrogen-bond acceptors (Lipinski definition) is 4. The van der Waals surface area contributed by atoms with Crippen LogP contribution in [0.5, 0.6) is 0 Å². The summed E-state index contributed by atoms with van der Waals surface area (Å²) < 4.78 is 1.92. The van der Waals surface area contributed by atoms with Crippen molar-refractivity contribution in [3.63, 3.8) is 0 Å². The Morgan fingerprint density at radius 1 is 1.42 bits per heavy atom. The number of carbonyl (C=O) groups is 1. The van der Waals surface area contributed by atoms with Crippen LogP contribution in [-0.4, -0.2) is 43.5 Å². The van der Waals surface area contributed by atoms with Gasteiger partial charge in [-0.15, -0.1) is 11.3 Å². The van der Waals surface area contributed by atoms with E-state index in [1.807, 2.05) is 34.0 Å². The van der Waals surface area contributed by atoms with Crippen molar-refractivity contribution in [3.8, 4) is 0 Å². The van der Waals surface area contributed by atoms with Crippen LogP contribution in [-0.2, 0) is 6.42 Å². The van der Waals surface area contributed by atoms with Crippen molar-refractivity contribution in [1.29, 1.82) is 0 Å². The largest absolute Gasteiger partial charge is 0.337 e. The summed E-state index contributed by atoms with van der Waals surface area (Å²) in [5, 5.41) is 9.32. The van der Waals surface area contributed by atoms with Crippen molar-refractivity contribution in [2.45, 2.75) is 39.0 Å². The van der Waals surface area contributed by atoms with E-state index < -0.39 is 0 Å². The number of hydrogen-bond donors (Lipinski definition) is 1. The van der Waals surface area contributed by atoms with Crippen molar-refractivity contribution < 1.29 is 4.79 Å². The Morgan fingerprint density at radius 3 is 2.96 bits per heavy atom. The molecule has 3 aromatic heterocycles. The van der Waals surface area contributed by atoms with E-state index >= 15 is 0 Å². The molecule has 6 nitrogen and oxygen atoms in total. The third-order valence-electron chi connectivity index (χ3n) is 4.96. The van der Waals surface area contributed by atoms with Crippen LogP contribution in [0.15, 0.2) is 17.8 Å². The fraction of sp³-hybridized carbons (Fsp3) is 0.471. The molecular formula is C17H21N5OS. The van der Waals surface area contributed by atoms with Gasteiger partial charge in [0.25, 0.3) is 5.91 Å². The lowest BCUT2D eigenvalue weighted by Crippen LogP contribution is -2.38. The smallest absolute Gasteiger partial charge is 0.272 e. The number of thiazole rings is 1. The predicted octanol–water partition coefficient (Wildman–Crippen LogP) is 3.01. The molecule has 24 heavy (non-hydrogen) atoms. The first-order valence-electron chi connectivity index (χ1n) is 8.42. The number of likely N-dealkylation sites (tertiary alicyclic amines) is 1. The van der Waals surface area contributed by atoms with Crippen LogP contribution in [0.4, 0.5) is 0 Å². The Bertz CT molecular complexity index is 869. The molecule has 0 unspecified atom stereocenters. The number of H-pyrrole nitrogens is 1. The fourth-order valence-corrected chi connectivity index (χ4v) is 4.39. The van der Waals surface area contributed by atoms with E-state index in [1.165, 1.54) is 11.3 Å². The number of aryl methyl sites for hydroxylation is 2. The number of carbonyl (C=O) groups excluding carboxylic acids is 1. The average Bonchev–Trinajstić information content (AvgIpc) is 3.29. The second-order valence-corrected chi connectivity index (χ2v) is 7.20. The zero-order valence-corrected chi connectivity index (χ0v) is 14.8. The predicted molar refractivity (Wildman–Crippen MR) is 93.7 cm³/mol. The topological polar surface area (TPSA) is 66.3 Å². The van der Waals surface area contributed by atoms with Crippen LogP contribution >= 0.6 is 11.3 Å². The fourth-order valence-electron chi connectivity index (χ4n) is 3.63. The molecule has 0 radical (unpaired) electrons. The molecule has 0 atom stereocenters. The van der Waals surface area contributed by atoms with Crippen molar-refractivity contribution >= 4 is 22.2 Å². The molecule has 4 heterocycles. The standard InChI is InChI=1S/C17H21N5OS/c1-3-12-10-18-20-14(12)13-4-6-21(7-5-13)16(23)15-11(2)19-17-22(15)8-9-24-17/h8-10,13H,3-7H2,1-2H3,(H,18,20). The third kappa shape index (κ3) is 2.43. The van der Waals surface area contributed by atoms with E-state index in [4.69, 9.17) is 0 Å². The van der Waals surface area contributed by atoms with Gasteiger partial charge in [-0.2, -0.15) is 5.10 Å². The van der Waals surface area contributed by atoms with E-state index in [1.54, 1.807) is 11.3 Å². The third-order valence-corrected chi connectivity index (χ3v) is 5.72. The molecule has 7 heteroatoms. The maximum atomic E-state index is 13.0. The van der Waals surface area contributed by atoms with Crippen LogP contribution < -0.4 is 0 Å². The Kier molecular flexibility index (Phi) is 3.88. The first kappa shape index (κ1) is 15.4. The molecule has 3 aromatic rings. The second kappa shape index (κ2) is 6.05. The number of nitrogens with one attached hydrogen (secondary N) is 1. The molecule has 0 saturated carbocycles. The maximum Gasteiger partial charge on any atom is 0.272 e. The minimum atomic E-state index is 0.0946. The van der Waals surface area contributed by atoms with Gasteiger partial charge in [-0.05, 0) is 31.7 Å². The highest BCUT2D eigenvalue weighted by Crippen LogP contribution is 2.30. The molecule has 1 aliphatic rings.